The van der Waals surface area contributed by atoms with Gasteiger partial charge in [-0.3, -0.25) is 0 Å². The standard InChI is InChI=1S/C23H15N5O/c1-16-11-12-25-22(13-16)28-21-4-2-3-19(27-21)20-15-26-23(29-20)10-9-17-5-7-18(14-24)8-6-17/h2-8,11-13,15H,1H3,(H,25,27,28). The molecule has 29 heavy (non-hydrogen) atoms. The third-order valence-corrected chi connectivity index (χ3v) is 4.01. The predicted molar refractivity (Wildman–Crippen MR) is 109 cm³/mol. The van der Waals surface area contributed by atoms with Gasteiger partial charge < -0.3 is 9.73 Å². The Kier molecular flexibility index (Phi) is 5.00. The quantitative estimate of drug-likeness (QED) is 0.531. The molecule has 6 nitrogen and oxygen atoms in total. The Morgan fingerprint density at radius 2 is 1.76 bits per heavy atom. The van der Waals surface area contributed by atoms with Gasteiger partial charge in [0.1, 0.15) is 17.3 Å². The lowest BCUT2D eigenvalue weighted by atomic mass is 10.1. The number of aryl methyl sites for hydroxylation is 1. The van der Waals surface area contributed by atoms with Crippen molar-refractivity contribution in [1.29, 1.82) is 5.26 Å². The Labute approximate surface area is 167 Å². The summed E-state index contributed by atoms with van der Waals surface area (Å²) in [6.07, 6.45) is 3.34. The zero-order chi connectivity index (χ0) is 20.1. The number of pyridine rings is 2. The van der Waals surface area contributed by atoms with Crippen LogP contribution in [-0.4, -0.2) is 15.0 Å². The molecule has 4 aromatic rings. The largest absolute Gasteiger partial charge is 0.428 e. The van der Waals surface area contributed by atoms with Gasteiger partial charge in [0.05, 0.1) is 17.8 Å². The van der Waals surface area contributed by atoms with Crippen LogP contribution in [0.4, 0.5) is 11.6 Å². The molecule has 0 fully saturated rings. The van der Waals surface area contributed by atoms with Crippen molar-refractivity contribution in [1.82, 2.24) is 15.0 Å². The molecule has 6 heteroatoms. The average Bonchev–Trinajstić information content (AvgIpc) is 3.22. The zero-order valence-electron chi connectivity index (χ0n) is 15.5. The summed E-state index contributed by atoms with van der Waals surface area (Å²) < 4.78 is 5.72. The topological polar surface area (TPSA) is 87.6 Å². The maximum atomic E-state index is 8.84. The van der Waals surface area contributed by atoms with E-state index in [2.05, 4.69) is 38.2 Å². The second kappa shape index (κ2) is 8.08. The van der Waals surface area contributed by atoms with Crippen molar-refractivity contribution in [3.63, 3.8) is 0 Å². The highest BCUT2D eigenvalue weighted by molar-refractivity contribution is 5.59. The van der Waals surface area contributed by atoms with Crippen LogP contribution in [0, 0.1) is 30.1 Å². The summed E-state index contributed by atoms with van der Waals surface area (Å²) >= 11 is 0. The first kappa shape index (κ1) is 18.0. The molecule has 0 atom stereocenters. The second-order valence-electron chi connectivity index (χ2n) is 6.22. The number of nitriles is 1. The summed E-state index contributed by atoms with van der Waals surface area (Å²) in [5.41, 5.74) is 3.12. The molecule has 3 heterocycles. The molecule has 4 rings (SSSR count). The van der Waals surface area contributed by atoms with Crippen molar-refractivity contribution < 1.29 is 4.42 Å². The van der Waals surface area contributed by atoms with Gasteiger partial charge in [-0.05, 0) is 66.9 Å². The summed E-state index contributed by atoms with van der Waals surface area (Å²) in [5, 5.41) is 12.0. The van der Waals surface area contributed by atoms with Crippen molar-refractivity contribution in [3.05, 3.63) is 89.6 Å². The Hall–Kier alpha value is -4.42. The van der Waals surface area contributed by atoms with Gasteiger partial charge in [-0.25, -0.2) is 15.0 Å². The van der Waals surface area contributed by atoms with Gasteiger partial charge in [0.2, 0.25) is 0 Å². The molecule has 0 unspecified atom stereocenters. The van der Waals surface area contributed by atoms with E-state index in [4.69, 9.17) is 9.68 Å². The molecule has 0 aliphatic rings. The maximum Gasteiger partial charge on any atom is 0.274 e. The molecule has 0 radical (unpaired) electrons. The fourth-order valence-corrected chi connectivity index (χ4v) is 2.58. The van der Waals surface area contributed by atoms with Crippen molar-refractivity contribution in [3.8, 4) is 29.4 Å². The summed E-state index contributed by atoms with van der Waals surface area (Å²) in [4.78, 5) is 13.0. The van der Waals surface area contributed by atoms with E-state index in [1.54, 1.807) is 36.7 Å². The zero-order valence-corrected chi connectivity index (χ0v) is 15.5. The van der Waals surface area contributed by atoms with Gasteiger partial charge in [-0.2, -0.15) is 5.26 Å². The Morgan fingerprint density at radius 1 is 0.931 bits per heavy atom. The van der Waals surface area contributed by atoms with Crippen molar-refractivity contribution in [2.75, 3.05) is 5.32 Å². The van der Waals surface area contributed by atoms with E-state index >= 15 is 0 Å². The van der Waals surface area contributed by atoms with Gasteiger partial charge in [-0.1, -0.05) is 12.0 Å². The molecule has 1 N–H and O–H groups in total. The summed E-state index contributed by atoms with van der Waals surface area (Å²) in [6.45, 7) is 2.01. The first-order valence-corrected chi connectivity index (χ1v) is 8.85. The van der Waals surface area contributed by atoms with Crippen LogP contribution in [0.25, 0.3) is 11.5 Å². The van der Waals surface area contributed by atoms with Crippen LogP contribution in [0.15, 0.2) is 71.4 Å². The van der Waals surface area contributed by atoms with Crippen LogP contribution in [0.5, 0.6) is 0 Å². The Balaban J connectivity index is 1.52. The number of oxazole rings is 1. The van der Waals surface area contributed by atoms with Crippen molar-refractivity contribution >= 4 is 11.6 Å². The minimum Gasteiger partial charge on any atom is -0.428 e. The van der Waals surface area contributed by atoms with Gasteiger partial charge in [0.15, 0.2) is 5.76 Å². The number of rotatable bonds is 3. The molecule has 0 amide bonds. The van der Waals surface area contributed by atoms with Crippen molar-refractivity contribution in [2.45, 2.75) is 6.92 Å². The van der Waals surface area contributed by atoms with E-state index in [0.717, 1.165) is 16.9 Å². The normalized spacial score (nSPS) is 9.93. The lowest BCUT2D eigenvalue weighted by Crippen LogP contribution is -1.96. The second-order valence-corrected chi connectivity index (χ2v) is 6.22. The van der Waals surface area contributed by atoms with E-state index in [1.165, 1.54) is 0 Å². The maximum absolute atomic E-state index is 8.84. The number of hydrogen-bond acceptors (Lipinski definition) is 6. The van der Waals surface area contributed by atoms with E-state index in [1.807, 2.05) is 37.3 Å². The van der Waals surface area contributed by atoms with Crippen LogP contribution in [0.2, 0.25) is 0 Å². The molecular formula is C23H15N5O. The third kappa shape index (κ3) is 4.47. The van der Waals surface area contributed by atoms with E-state index in [9.17, 15) is 0 Å². The minimum atomic E-state index is 0.296. The van der Waals surface area contributed by atoms with E-state index in [-0.39, 0.29) is 0 Å². The lowest BCUT2D eigenvalue weighted by molar-refractivity contribution is 0.555. The molecule has 3 aromatic heterocycles. The molecule has 0 bridgehead atoms. The van der Waals surface area contributed by atoms with Gasteiger partial charge >= 0.3 is 0 Å². The highest BCUT2D eigenvalue weighted by Gasteiger charge is 2.08. The smallest absolute Gasteiger partial charge is 0.274 e. The lowest BCUT2D eigenvalue weighted by Gasteiger charge is -2.06. The monoisotopic (exact) mass is 377 g/mol. The first-order chi connectivity index (χ1) is 14.2. The van der Waals surface area contributed by atoms with Crippen LogP contribution < -0.4 is 5.32 Å². The van der Waals surface area contributed by atoms with Gasteiger partial charge in [-0.15, -0.1) is 0 Å². The van der Waals surface area contributed by atoms with Crippen LogP contribution >= 0.6 is 0 Å². The van der Waals surface area contributed by atoms with Crippen molar-refractivity contribution in [2.24, 2.45) is 0 Å². The number of nitrogens with zero attached hydrogens (tertiary/aromatic N) is 4. The molecular weight excluding hydrogens is 362 g/mol. The molecule has 0 saturated heterocycles. The predicted octanol–water partition coefficient (Wildman–Crippen LogP) is 4.46. The van der Waals surface area contributed by atoms with E-state index in [0.29, 0.717) is 28.7 Å². The number of anilines is 2. The number of benzene rings is 1. The van der Waals surface area contributed by atoms with Gasteiger partial charge in [0.25, 0.3) is 5.89 Å². The number of aromatic nitrogens is 3. The minimum absolute atomic E-state index is 0.296. The van der Waals surface area contributed by atoms with Crippen LogP contribution in [0.1, 0.15) is 22.6 Å². The average molecular weight is 377 g/mol. The van der Waals surface area contributed by atoms with Crippen LogP contribution in [-0.2, 0) is 0 Å². The first-order valence-electron chi connectivity index (χ1n) is 8.85. The van der Waals surface area contributed by atoms with E-state index < -0.39 is 0 Å². The SMILES string of the molecule is Cc1ccnc(Nc2cccc(-c3cnc(C#Cc4ccc(C#N)cc4)o3)n2)c1. The Morgan fingerprint density at radius 3 is 2.55 bits per heavy atom. The van der Waals surface area contributed by atoms with Gasteiger partial charge in [0, 0.05) is 11.8 Å². The van der Waals surface area contributed by atoms with Crippen LogP contribution in [0.3, 0.4) is 0 Å². The summed E-state index contributed by atoms with van der Waals surface area (Å²) in [6, 6.07) is 18.5. The molecule has 1 aromatic carbocycles. The summed E-state index contributed by atoms with van der Waals surface area (Å²) in [7, 11) is 0. The molecule has 0 saturated carbocycles. The highest BCUT2D eigenvalue weighted by atomic mass is 16.4. The molecule has 0 spiro atoms. The molecule has 0 aliphatic heterocycles. The fourth-order valence-electron chi connectivity index (χ4n) is 2.58. The Bertz CT molecular complexity index is 1260. The number of hydrogen-bond donors (Lipinski definition) is 1. The number of nitrogens with one attached hydrogen (secondary N) is 1. The molecule has 138 valence electrons. The summed E-state index contributed by atoms with van der Waals surface area (Å²) in [5.74, 6) is 8.05. The fraction of sp³-hybridized carbons (Fsp3) is 0.0435. The molecule has 0 aliphatic carbocycles. The highest BCUT2D eigenvalue weighted by Crippen LogP contribution is 2.21. The third-order valence-electron chi connectivity index (χ3n) is 4.01.